The van der Waals surface area contributed by atoms with Gasteiger partial charge in [0.1, 0.15) is 11.6 Å². The molecular weight excluding hydrogens is 549 g/mol. The zero-order chi connectivity index (χ0) is 29.0. The maximum Gasteiger partial charge on any atom is 0.260 e. The van der Waals surface area contributed by atoms with Crippen LogP contribution >= 0.6 is 11.6 Å². The van der Waals surface area contributed by atoms with Crippen LogP contribution in [-0.2, 0) is 31.9 Å². The van der Waals surface area contributed by atoms with E-state index >= 15 is 0 Å². The van der Waals surface area contributed by atoms with Crippen LogP contribution in [0.1, 0.15) is 45.2 Å². The van der Waals surface area contributed by atoms with Crippen molar-refractivity contribution in [1.29, 1.82) is 0 Å². The van der Waals surface area contributed by atoms with Crippen molar-refractivity contribution in [3.63, 3.8) is 0 Å². The summed E-state index contributed by atoms with van der Waals surface area (Å²) in [5, 5.41) is 10.0. The zero-order valence-electron chi connectivity index (χ0n) is 22.5. The second kappa shape index (κ2) is 12.6. The highest BCUT2D eigenvalue weighted by Crippen LogP contribution is 2.26. The molecule has 1 aliphatic heterocycles. The molecule has 12 heteroatoms. The van der Waals surface area contributed by atoms with Gasteiger partial charge in [0.05, 0.1) is 17.8 Å². The predicted octanol–water partition coefficient (Wildman–Crippen LogP) is 3.09. The second-order valence-corrected chi connectivity index (χ2v) is 12.8. The summed E-state index contributed by atoms with van der Waals surface area (Å²) in [4.78, 5) is 29.1. The average Bonchev–Trinajstić information content (AvgIpc) is 2.80. The highest BCUT2D eigenvalue weighted by atomic mass is 35.5. The zero-order valence-corrected chi connectivity index (χ0v) is 24.1. The molecule has 39 heavy (non-hydrogen) atoms. The molecule has 0 aromatic heterocycles. The average molecular weight is 584 g/mol. The molecule has 9 nitrogen and oxygen atoms in total. The number of sulfonamides is 1. The van der Waals surface area contributed by atoms with Crippen LogP contribution in [0, 0.1) is 5.82 Å². The van der Waals surface area contributed by atoms with Gasteiger partial charge in [-0.3, -0.25) is 19.2 Å². The quantitative estimate of drug-likeness (QED) is 0.441. The molecule has 0 aliphatic carbocycles. The molecule has 1 saturated heterocycles. The summed E-state index contributed by atoms with van der Waals surface area (Å²) in [5.41, 5.74) is -0.199. The number of piperazine rings is 1. The van der Waals surface area contributed by atoms with Crippen LogP contribution in [0.5, 0.6) is 5.75 Å². The number of benzene rings is 2. The minimum absolute atomic E-state index is 0.0546. The van der Waals surface area contributed by atoms with Gasteiger partial charge in [0.15, 0.2) is 6.61 Å². The first-order valence-electron chi connectivity index (χ1n) is 12.6. The Bertz CT molecular complexity index is 1280. The smallest absolute Gasteiger partial charge is 0.260 e. The molecule has 0 saturated carbocycles. The molecule has 0 spiro atoms. The fourth-order valence-corrected chi connectivity index (χ4v) is 5.78. The maximum atomic E-state index is 13.2. The Balaban J connectivity index is 1.62. The van der Waals surface area contributed by atoms with Gasteiger partial charge in [-0.25, -0.2) is 12.8 Å². The topological polar surface area (TPSA) is 116 Å². The Morgan fingerprint density at radius 3 is 2.44 bits per heavy atom. The number of ether oxygens (including phenoxy) is 1. The number of carbonyl (C=O) groups excluding carboxylic acids is 2. The minimum Gasteiger partial charge on any atom is -0.483 e. The van der Waals surface area contributed by atoms with E-state index in [4.69, 9.17) is 16.3 Å². The summed E-state index contributed by atoms with van der Waals surface area (Å²) < 4.78 is 46.1. The van der Waals surface area contributed by atoms with Crippen molar-refractivity contribution in [1.82, 2.24) is 14.5 Å². The van der Waals surface area contributed by atoms with Gasteiger partial charge in [0.2, 0.25) is 15.9 Å². The highest BCUT2D eigenvalue weighted by Gasteiger charge is 2.32. The number of carbonyl (C=O) groups is 2. The second-order valence-electron chi connectivity index (χ2n) is 10.6. The molecule has 0 radical (unpaired) electrons. The fraction of sp³-hybridized carbons (Fsp3) is 0.481. The standard InChI is InChI=1S/C27H35ClFN3O6S/c1-18-14-32(19(2)13-31(18)15-20-5-8-23(29)9-6-20)26(34)16-38-24-10-7-22(28)11-21(24)17-39(36,37)30-25(33)12-27(3,4)35/h5-11,18-19,35H,12-17H2,1-4H3,(H,30,33)/t18-,19+/m0/s1. The van der Waals surface area contributed by atoms with E-state index in [-0.39, 0.29) is 46.8 Å². The number of aliphatic hydroxyl groups is 1. The fourth-order valence-electron chi connectivity index (χ4n) is 4.46. The van der Waals surface area contributed by atoms with Crippen LogP contribution in [0.25, 0.3) is 0 Å². The normalized spacial score (nSPS) is 18.6. The molecule has 0 bridgehead atoms. The highest BCUT2D eigenvalue weighted by molar-refractivity contribution is 7.89. The van der Waals surface area contributed by atoms with E-state index in [1.54, 1.807) is 17.0 Å². The summed E-state index contributed by atoms with van der Waals surface area (Å²) in [6, 6.07) is 10.7. The lowest BCUT2D eigenvalue weighted by Gasteiger charge is -2.44. The summed E-state index contributed by atoms with van der Waals surface area (Å²) >= 11 is 6.07. The Labute approximate surface area is 233 Å². The first-order valence-corrected chi connectivity index (χ1v) is 14.6. The molecule has 1 fully saturated rings. The molecule has 1 heterocycles. The molecular formula is C27H35ClFN3O6S. The number of nitrogens with one attached hydrogen (secondary N) is 1. The number of rotatable bonds is 10. The number of hydrogen-bond donors (Lipinski definition) is 2. The first kappa shape index (κ1) is 30.8. The number of halogens is 2. The van der Waals surface area contributed by atoms with Crippen molar-refractivity contribution >= 4 is 33.4 Å². The predicted molar refractivity (Wildman–Crippen MR) is 146 cm³/mol. The molecule has 3 rings (SSSR count). The van der Waals surface area contributed by atoms with Gasteiger partial charge in [0.25, 0.3) is 5.91 Å². The summed E-state index contributed by atoms with van der Waals surface area (Å²) in [7, 11) is -4.13. The van der Waals surface area contributed by atoms with Gasteiger partial charge in [0, 0.05) is 42.3 Å². The van der Waals surface area contributed by atoms with E-state index in [9.17, 15) is 27.5 Å². The third-order valence-corrected chi connectivity index (χ3v) is 7.78. The lowest BCUT2D eigenvalue weighted by Crippen LogP contribution is -2.58. The van der Waals surface area contributed by atoms with Crippen molar-refractivity contribution in [2.75, 3.05) is 19.7 Å². The minimum atomic E-state index is -4.13. The van der Waals surface area contributed by atoms with Crippen molar-refractivity contribution in [3.8, 4) is 5.75 Å². The summed E-state index contributed by atoms with van der Waals surface area (Å²) in [6.45, 7) is 8.17. The number of nitrogens with zero attached hydrogens (tertiary/aromatic N) is 2. The van der Waals surface area contributed by atoms with Gasteiger partial charge >= 0.3 is 0 Å². The number of amides is 2. The monoisotopic (exact) mass is 583 g/mol. The Morgan fingerprint density at radius 1 is 1.13 bits per heavy atom. The van der Waals surface area contributed by atoms with Crippen molar-refractivity contribution in [3.05, 3.63) is 64.4 Å². The largest absolute Gasteiger partial charge is 0.483 e. The van der Waals surface area contributed by atoms with Gasteiger partial charge in [-0.1, -0.05) is 23.7 Å². The van der Waals surface area contributed by atoms with Gasteiger partial charge in [-0.05, 0) is 63.6 Å². The van der Waals surface area contributed by atoms with E-state index in [0.29, 0.717) is 19.6 Å². The van der Waals surface area contributed by atoms with E-state index in [0.717, 1.165) is 5.56 Å². The third-order valence-electron chi connectivity index (χ3n) is 6.32. The molecule has 2 atom stereocenters. The Morgan fingerprint density at radius 2 is 1.79 bits per heavy atom. The van der Waals surface area contributed by atoms with E-state index < -0.39 is 33.7 Å². The van der Waals surface area contributed by atoms with Crippen LogP contribution in [-0.4, -0.2) is 72.5 Å². The van der Waals surface area contributed by atoms with E-state index in [1.165, 1.54) is 44.2 Å². The van der Waals surface area contributed by atoms with Crippen LogP contribution in [0.2, 0.25) is 5.02 Å². The summed E-state index contributed by atoms with van der Waals surface area (Å²) in [5.74, 6) is -1.83. The molecule has 2 aromatic carbocycles. The summed E-state index contributed by atoms with van der Waals surface area (Å²) in [6.07, 6.45) is -0.395. The lowest BCUT2D eigenvalue weighted by atomic mass is 10.1. The Hall–Kier alpha value is -2.73. The van der Waals surface area contributed by atoms with Crippen molar-refractivity contribution < 1.29 is 32.2 Å². The molecule has 2 aromatic rings. The van der Waals surface area contributed by atoms with Crippen LogP contribution in [0.15, 0.2) is 42.5 Å². The van der Waals surface area contributed by atoms with E-state index in [1.807, 2.05) is 18.6 Å². The van der Waals surface area contributed by atoms with Crippen LogP contribution < -0.4 is 9.46 Å². The molecule has 1 aliphatic rings. The van der Waals surface area contributed by atoms with Gasteiger partial charge in [-0.2, -0.15) is 0 Å². The number of hydrogen-bond acceptors (Lipinski definition) is 7. The van der Waals surface area contributed by atoms with Gasteiger partial charge < -0.3 is 14.7 Å². The van der Waals surface area contributed by atoms with Crippen LogP contribution in [0.3, 0.4) is 0 Å². The lowest BCUT2D eigenvalue weighted by molar-refractivity contribution is -0.139. The van der Waals surface area contributed by atoms with Gasteiger partial charge in [-0.15, -0.1) is 0 Å². The molecule has 2 N–H and O–H groups in total. The Kier molecular flexibility index (Phi) is 9.98. The first-order chi connectivity index (χ1) is 18.1. The third kappa shape index (κ3) is 9.45. The van der Waals surface area contributed by atoms with E-state index in [2.05, 4.69) is 4.90 Å². The maximum absolute atomic E-state index is 13.2. The molecule has 214 valence electrons. The van der Waals surface area contributed by atoms with Crippen molar-refractivity contribution in [2.45, 2.75) is 64.1 Å². The van der Waals surface area contributed by atoms with Crippen molar-refractivity contribution in [2.24, 2.45) is 0 Å². The molecule has 2 amide bonds. The SMILES string of the molecule is C[C@@H]1CN(Cc2ccc(F)cc2)[C@@H](C)CN1C(=O)COc1ccc(Cl)cc1CS(=O)(=O)NC(=O)CC(C)(C)O. The molecule has 0 unspecified atom stereocenters. The van der Waals surface area contributed by atoms with Crippen LogP contribution in [0.4, 0.5) is 4.39 Å².